The first-order valence-corrected chi connectivity index (χ1v) is 13.3. The largest absolute Gasteiger partial charge is 0.394 e. The molecule has 1 amide bonds. The number of aromatic nitrogens is 4. The molecule has 0 aliphatic carbocycles. The molecule has 0 radical (unpaired) electrons. The summed E-state index contributed by atoms with van der Waals surface area (Å²) in [6.07, 6.45) is -1.37. The SMILES string of the molecule is C[C@@H](c1ccc(C(N)=O)cc1)n1c(=O)n(C[C@@H](O)CO)c(=O)c2c1nc(-c1ccccc1Cl)n2-c1ccc(Cl)cc1. The number of benzene rings is 3. The molecule has 41 heavy (non-hydrogen) atoms. The maximum Gasteiger partial charge on any atom is 0.333 e. The number of amides is 1. The molecule has 0 spiro atoms. The zero-order valence-electron chi connectivity index (χ0n) is 21.7. The number of nitrogens with two attached hydrogens (primary N) is 1. The van der Waals surface area contributed by atoms with Crippen LogP contribution < -0.4 is 17.0 Å². The number of carbonyl (C=O) groups excluding carboxylic acids is 1. The third-order valence-corrected chi connectivity index (χ3v) is 7.42. The number of halogens is 2. The van der Waals surface area contributed by atoms with E-state index in [1.165, 1.54) is 4.57 Å². The molecule has 0 unspecified atom stereocenters. The number of rotatable bonds is 8. The highest BCUT2D eigenvalue weighted by molar-refractivity contribution is 6.33. The number of aliphatic hydroxyl groups excluding tert-OH is 2. The first-order chi connectivity index (χ1) is 19.6. The van der Waals surface area contributed by atoms with Crippen molar-refractivity contribution in [2.75, 3.05) is 6.61 Å². The molecular weight excluding hydrogens is 569 g/mol. The van der Waals surface area contributed by atoms with Gasteiger partial charge in [-0.3, -0.25) is 23.3 Å². The van der Waals surface area contributed by atoms with E-state index in [4.69, 9.17) is 33.9 Å². The molecular formula is C29H25Cl2N5O5. The van der Waals surface area contributed by atoms with Crippen LogP contribution in [-0.2, 0) is 6.54 Å². The smallest absolute Gasteiger partial charge is 0.333 e. The minimum atomic E-state index is -1.37. The van der Waals surface area contributed by atoms with E-state index in [0.29, 0.717) is 38.2 Å². The Labute approximate surface area is 243 Å². The number of fused-ring (bicyclic) bond motifs is 1. The van der Waals surface area contributed by atoms with Crippen molar-refractivity contribution in [1.82, 2.24) is 18.7 Å². The van der Waals surface area contributed by atoms with Gasteiger partial charge in [0.1, 0.15) is 5.82 Å². The van der Waals surface area contributed by atoms with Crippen molar-refractivity contribution in [1.29, 1.82) is 0 Å². The highest BCUT2D eigenvalue weighted by Crippen LogP contribution is 2.33. The summed E-state index contributed by atoms with van der Waals surface area (Å²) in [6.45, 7) is 0.633. The van der Waals surface area contributed by atoms with E-state index in [0.717, 1.165) is 4.57 Å². The predicted molar refractivity (Wildman–Crippen MR) is 157 cm³/mol. The lowest BCUT2D eigenvalue weighted by molar-refractivity contribution is 0.0790. The van der Waals surface area contributed by atoms with Gasteiger partial charge in [0.15, 0.2) is 11.2 Å². The van der Waals surface area contributed by atoms with Crippen LogP contribution in [0.15, 0.2) is 82.4 Å². The van der Waals surface area contributed by atoms with Gasteiger partial charge in [0.25, 0.3) is 5.56 Å². The maximum absolute atomic E-state index is 14.0. The van der Waals surface area contributed by atoms with Crippen LogP contribution >= 0.6 is 23.2 Å². The molecule has 3 aromatic carbocycles. The first-order valence-electron chi connectivity index (χ1n) is 12.6. The van der Waals surface area contributed by atoms with Crippen molar-refractivity contribution in [2.24, 2.45) is 5.73 Å². The molecule has 2 heterocycles. The highest BCUT2D eigenvalue weighted by atomic mass is 35.5. The quantitative estimate of drug-likeness (QED) is 0.251. The number of nitrogens with zero attached hydrogens (tertiary/aromatic N) is 4. The van der Waals surface area contributed by atoms with Gasteiger partial charge in [-0.1, -0.05) is 47.5 Å². The summed E-state index contributed by atoms with van der Waals surface area (Å²) in [4.78, 5) is 44.3. The Morgan fingerprint density at radius 3 is 2.27 bits per heavy atom. The third kappa shape index (κ3) is 5.18. The highest BCUT2D eigenvalue weighted by Gasteiger charge is 2.27. The topological polar surface area (TPSA) is 145 Å². The molecule has 4 N–H and O–H groups in total. The number of hydrogen-bond acceptors (Lipinski definition) is 6. The van der Waals surface area contributed by atoms with Gasteiger partial charge in [0.2, 0.25) is 5.91 Å². The van der Waals surface area contributed by atoms with Gasteiger partial charge in [-0.05, 0) is 61.0 Å². The zero-order chi connectivity index (χ0) is 29.4. The molecule has 0 aliphatic heterocycles. The standard InChI is InChI=1S/C29H25Cl2N5O5/c1-16(17-6-8-18(9-7-17)25(32)39)35-27-24(28(40)34(29(35)41)14-21(38)15-37)36(20-12-10-19(30)11-13-20)26(33-27)22-4-2-3-5-23(22)31/h2-13,16,21,37-38H,14-15H2,1H3,(H2,32,39)/t16-,21+/m0/s1. The van der Waals surface area contributed by atoms with Gasteiger partial charge in [0, 0.05) is 21.8 Å². The van der Waals surface area contributed by atoms with Crippen LogP contribution in [-0.4, -0.2) is 47.5 Å². The van der Waals surface area contributed by atoms with E-state index in [1.54, 1.807) is 84.3 Å². The fourth-order valence-corrected chi connectivity index (χ4v) is 5.07. The molecule has 0 fully saturated rings. The molecule has 2 atom stereocenters. The Kier molecular flexibility index (Phi) is 7.83. The third-order valence-electron chi connectivity index (χ3n) is 6.84. The van der Waals surface area contributed by atoms with Gasteiger partial charge in [0.05, 0.1) is 30.3 Å². The summed E-state index contributed by atoms with van der Waals surface area (Å²) in [7, 11) is 0. The van der Waals surface area contributed by atoms with Gasteiger partial charge in [-0.25, -0.2) is 9.78 Å². The van der Waals surface area contributed by atoms with Crippen molar-refractivity contribution in [3.05, 3.63) is 115 Å². The summed E-state index contributed by atoms with van der Waals surface area (Å²) in [5.74, 6) is -0.295. The molecule has 0 aliphatic rings. The molecule has 10 nitrogen and oxygen atoms in total. The normalized spacial score (nSPS) is 12.9. The van der Waals surface area contributed by atoms with Gasteiger partial charge >= 0.3 is 5.69 Å². The summed E-state index contributed by atoms with van der Waals surface area (Å²) in [5, 5.41) is 20.6. The summed E-state index contributed by atoms with van der Waals surface area (Å²) >= 11 is 12.7. The predicted octanol–water partition coefficient (Wildman–Crippen LogP) is 3.38. The lowest BCUT2D eigenvalue weighted by Crippen LogP contribution is -2.44. The number of aliphatic hydroxyl groups is 2. The monoisotopic (exact) mass is 593 g/mol. The van der Waals surface area contributed by atoms with Crippen LogP contribution in [0.2, 0.25) is 10.0 Å². The minimum Gasteiger partial charge on any atom is -0.394 e. The molecule has 0 saturated heterocycles. The van der Waals surface area contributed by atoms with Crippen molar-refractivity contribution < 1.29 is 15.0 Å². The van der Waals surface area contributed by atoms with E-state index in [1.807, 2.05) is 0 Å². The van der Waals surface area contributed by atoms with Crippen LogP contribution in [0.5, 0.6) is 0 Å². The van der Waals surface area contributed by atoms with Gasteiger partial charge in [-0.2, -0.15) is 0 Å². The Morgan fingerprint density at radius 1 is 1.00 bits per heavy atom. The fraction of sp³-hybridized carbons (Fsp3) is 0.172. The van der Waals surface area contributed by atoms with Crippen LogP contribution in [0.25, 0.3) is 28.2 Å². The van der Waals surface area contributed by atoms with E-state index in [-0.39, 0.29) is 11.2 Å². The van der Waals surface area contributed by atoms with Crippen LogP contribution in [0.1, 0.15) is 28.9 Å². The Balaban J connectivity index is 1.91. The number of imidazole rings is 1. The molecule has 5 rings (SSSR count). The van der Waals surface area contributed by atoms with Crippen LogP contribution in [0.3, 0.4) is 0 Å². The van der Waals surface area contributed by atoms with E-state index in [9.17, 15) is 24.6 Å². The second-order valence-corrected chi connectivity index (χ2v) is 10.3. The van der Waals surface area contributed by atoms with Gasteiger partial charge < -0.3 is 15.9 Å². The van der Waals surface area contributed by atoms with E-state index < -0.39 is 42.5 Å². The van der Waals surface area contributed by atoms with Crippen molar-refractivity contribution in [3.63, 3.8) is 0 Å². The average molecular weight is 594 g/mol. The van der Waals surface area contributed by atoms with Crippen molar-refractivity contribution in [2.45, 2.75) is 25.6 Å². The summed E-state index contributed by atoms with van der Waals surface area (Å²) < 4.78 is 3.81. The van der Waals surface area contributed by atoms with Crippen molar-refractivity contribution in [3.8, 4) is 17.1 Å². The molecule has 0 bridgehead atoms. The van der Waals surface area contributed by atoms with Gasteiger partial charge in [-0.15, -0.1) is 0 Å². The lowest BCUT2D eigenvalue weighted by Gasteiger charge is -2.19. The maximum atomic E-state index is 14.0. The number of hydrogen-bond donors (Lipinski definition) is 3. The number of carbonyl (C=O) groups is 1. The molecule has 0 saturated carbocycles. The fourth-order valence-electron chi connectivity index (χ4n) is 4.72. The molecule has 2 aromatic heterocycles. The molecule has 5 aromatic rings. The summed E-state index contributed by atoms with van der Waals surface area (Å²) in [6, 6.07) is 19.4. The Morgan fingerprint density at radius 2 is 1.66 bits per heavy atom. The number of primary amides is 1. The lowest BCUT2D eigenvalue weighted by atomic mass is 10.1. The average Bonchev–Trinajstić information content (AvgIpc) is 3.35. The molecule has 210 valence electrons. The second kappa shape index (κ2) is 11.3. The molecule has 12 heteroatoms. The van der Waals surface area contributed by atoms with Crippen LogP contribution in [0, 0.1) is 0 Å². The Hall–Kier alpha value is -4.22. The zero-order valence-corrected chi connectivity index (χ0v) is 23.3. The van der Waals surface area contributed by atoms with Crippen molar-refractivity contribution >= 4 is 40.3 Å². The van der Waals surface area contributed by atoms with E-state index in [2.05, 4.69) is 0 Å². The summed E-state index contributed by atoms with van der Waals surface area (Å²) in [5.41, 5.74) is 6.02. The van der Waals surface area contributed by atoms with Crippen LogP contribution in [0.4, 0.5) is 0 Å². The van der Waals surface area contributed by atoms with E-state index >= 15 is 0 Å². The second-order valence-electron chi connectivity index (χ2n) is 9.47. The minimum absolute atomic E-state index is 0.0487. The first kappa shape index (κ1) is 28.3. The Bertz CT molecular complexity index is 1880.